The molecule has 0 bridgehead atoms. The first-order valence-corrected chi connectivity index (χ1v) is 6.96. The molecule has 1 amide bonds. The molecule has 0 aliphatic carbocycles. The van der Waals surface area contributed by atoms with Gasteiger partial charge in [-0.15, -0.1) is 10.2 Å². The summed E-state index contributed by atoms with van der Waals surface area (Å²) in [5, 5.41) is 29.0. The molecule has 1 heterocycles. The molecule has 0 saturated carbocycles. The zero-order valence-corrected chi connectivity index (χ0v) is 12.6. The topological polar surface area (TPSA) is 110 Å². The van der Waals surface area contributed by atoms with Crippen molar-refractivity contribution in [1.82, 2.24) is 4.57 Å². The van der Waals surface area contributed by atoms with E-state index in [1.54, 1.807) is 25.2 Å². The summed E-state index contributed by atoms with van der Waals surface area (Å²) in [6, 6.07) is 12.4. The van der Waals surface area contributed by atoms with E-state index in [1.807, 2.05) is 6.07 Å². The number of aryl methyl sites for hydroxylation is 1. The smallest absolute Gasteiger partial charge is 0.295 e. The van der Waals surface area contributed by atoms with Gasteiger partial charge in [-0.3, -0.25) is 14.9 Å². The van der Waals surface area contributed by atoms with Gasteiger partial charge < -0.3 is 9.67 Å². The van der Waals surface area contributed by atoms with E-state index < -0.39 is 10.8 Å². The highest BCUT2D eigenvalue weighted by atomic mass is 16.6. The average molecular weight is 324 g/mol. The Balaban J connectivity index is 1.97. The van der Waals surface area contributed by atoms with E-state index >= 15 is 0 Å². The molecule has 0 atom stereocenters. The molecule has 2 aromatic carbocycles. The summed E-state index contributed by atoms with van der Waals surface area (Å²) in [5.74, 6) is -0.849. The van der Waals surface area contributed by atoms with Crippen LogP contribution in [0.15, 0.2) is 58.8 Å². The van der Waals surface area contributed by atoms with E-state index in [0.717, 1.165) is 11.6 Å². The van der Waals surface area contributed by atoms with Crippen molar-refractivity contribution in [2.75, 3.05) is 0 Å². The number of nitrogens with zero attached hydrogens (tertiary/aromatic N) is 4. The van der Waals surface area contributed by atoms with E-state index in [0.29, 0.717) is 5.39 Å². The summed E-state index contributed by atoms with van der Waals surface area (Å²) < 4.78 is 1.53. The minimum atomic E-state index is -0.731. The normalized spacial score (nSPS) is 11.2. The lowest BCUT2D eigenvalue weighted by molar-refractivity contribution is -0.384. The molecule has 0 fully saturated rings. The van der Waals surface area contributed by atoms with E-state index in [2.05, 4.69) is 10.2 Å². The lowest BCUT2D eigenvalue weighted by Crippen LogP contribution is -1.95. The van der Waals surface area contributed by atoms with E-state index in [4.69, 9.17) is 0 Å². The summed E-state index contributed by atoms with van der Waals surface area (Å²) >= 11 is 0. The van der Waals surface area contributed by atoms with Gasteiger partial charge in [0.05, 0.1) is 16.0 Å². The molecule has 8 nitrogen and oxygen atoms in total. The van der Waals surface area contributed by atoms with Gasteiger partial charge in [0.1, 0.15) is 0 Å². The monoisotopic (exact) mass is 324 g/mol. The second-order valence-corrected chi connectivity index (χ2v) is 5.06. The summed E-state index contributed by atoms with van der Waals surface area (Å²) in [7, 11) is 1.67. The molecule has 0 aliphatic rings. The number of carbonyl (C=O) groups is 1. The number of rotatable bonds is 3. The Morgan fingerprint density at radius 1 is 1.21 bits per heavy atom. The molecular weight excluding hydrogens is 312 g/mol. The van der Waals surface area contributed by atoms with Crippen molar-refractivity contribution in [3.8, 4) is 5.88 Å². The fourth-order valence-corrected chi connectivity index (χ4v) is 2.36. The lowest BCUT2D eigenvalue weighted by atomic mass is 10.2. The second kappa shape index (κ2) is 5.92. The predicted octanol–water partition coefficient (Wildman–Crippen LogP) is 3.72. The predicted molar refractivity (Wildman–Crippen MR) is 86.5 cm³/mol. The van der Waals surface area contributed by atoms with Crippen LogP contribution in [0.25, 0.3) is 10.9 Å². The molecule has 24 heavy (non-hydrogen) atoms. The van der Waals surface area contributed by atoms with Crippen LogP contribution in [-0.4, -0.2) is 20.5 Å². The molecule has 0 radical (unpaired) electrons. The van der Waals surface area contributed by atoms with Crippen molar-refractivity contribution in [1.29, 1.82) is 0 Å². The lowest BCUT2D eigenvalue weighted by Gasteiger charge is -1.96. The van der Waals surface area contributed by atoms with Crippen LogP contribution in [0.1, 0.15) is 10.4 Å². The third kappa shape index (κ3) is 2.60. The number of fused-ring (bicyclic) bond motifs is 1. The molecule has 1 aromatic heterocycles. The van der Waals surface area contributed by atoms with Crippen LogP contribution in [-0.2, 0) is 7.05 Å². The number of non-ortho nitro benzene ring substituents is 1. The molecule has 120 valence electrons. The van der Waals surface area contributed by atoms with Crippen LogP contribution in [0, 0.1) is 10.1 Å². The average Bonchev–Trinajstić information content (AvgIpc) is 2.84. The van der Waals surface area contributed by atoms with Gasteiger partial charge >= 0.3 is 0 Å². The number of hydrogen-bond donors (Lipinski definition) is 1. The number of benzene rings is 2. The highest BCUT2D eigenvalue weighted by Crippen LogP contribution is 2.37. The highest BCUT2D eigenvalue weighted by molar-refractivity contribution is 5.97. The Labute approximate surface area is 135 Å². The maximum absolute atomic E-state index is 12.1. The number of aromatic hydroxyl groups is 1. The third-order valence-corrected chi connectivity index (χ3v) is 3.59. The van der Waals surface area contributed by atoms with Gasteiger partial charge in [-0.25, -0.2) is 0 Å². The quantitative estimate of drug-likeness (QED) is 0.449. The summed E-state index contributed by atoms with van der Waals surface area (Å²) in [4.78, 5) is 22.2. The standard InChI is InChI=1S/C16H12N4O4/c1-19-13-8-3-2-7-12(13)14(16(19)22)17-18-15(21)10-5-4-6-11(9-10)20(23)24/h2-9,22H,1H3. The molecule has 0 unspecified atom stereocenters. The molecule has 1 N–H and O–H groups in total. The number of azo groups is 1. The Morgan fingerprint density at radius 2 is 1.96 bits per heavy atom. The van der Waals surface area contributed by atoms with Gasteiger partial charge in [-0.1, -0.05) is 24.3 Å². The molecule has 3 rings (SSSR count). The number of nitro groups is 1. The number of carbonyl (C=O) groups excluding carboxylic acids is 1. The molecule has 8 heteroatoms. The summed E-state index contributed by atoms with van der Waals surface area (Å²) in [6.07, 6.45) is 0. The molecule has 3 aromatic rings. The largest absolute Gasteiger partial charge is 0.493 e. The Kier molecular flexibility index (Phi) is 3.78. The van der Waals surface area contributed by atoms with Crippen LogP contribution in [0.5, 0.6) is 5.88 Å². The van der Waals surface area contributed by atoms with Crippen LogP contribution in [0.4, 0.5) is 11.4 Å². The number of hydrogen-bond acceptors (Lipinski definition) is 5. The Hall–Kier alpha value is -3.55. The Bertz CT molecular complexity index is 991. The summed E-state index contributed by atoms with van der Waals surface area (Å²) in [6.45, 7) is 0. The zero-order chi connectivity index (χ0) is 17.3. The summed E-state index contributed by atoms with van der Waals surface area (Å²) in [5.41, 5.74) is 0.760. The van der Waals surface area contributed by atoms with Gasteiger partial charge in [0.15, 0.2) is 5.69 Å². The van der Waals surface area contributed by atoms with Gasteiger partial charge in [0, 0.05) is 24.6 Å². The third-order valence-electron chi connectivity index (χ3n) is 3.59. The first kappa shape index (κ1) is 15.3. The molecular formula is C16H12N4O4. The minimum absolute atomic E-state index is 0.0488. The van der Waals surface area contributed by atoms with Crippen LogP contribution in [0.3, 0.4) is 0 Å². The van der Waals surface area contributed by atoms with Crippen LogP contribution < -0.4 is 0 Å². The van der Waals surface area contributed by atoms with Crippen molar-refractivity contribution < 1.29 is 14.8 Å². The van der Waals surface area contributed by atoms with Crippen molar-refractivity contribution in [3.05, 3.63) is 64.2 Å². The van der Waals surface area contributed by atoms with Crippen molar-refractivity contribution in [3.63, 3.8) is 0 Å². The van der Waals surface area contributed by atoms with Crippen LogP contribution >= 0.6 is 0 Å². The molecule has 0 spiro atoms. The SMILES string of the molecule is Cn1c(O)c(N=NC(=O)c2cccc([N+](=O)[O-])c2)c2ccccc21. The maximum Gasteiger partial charge on any atom is 0.295 e. The van der Waals surface area contributed by atoms with Gasteiger partial charge in [-0.2, -0.15) is 0 Å². The van der Waals surface area contributed by atoms with Crippen molar-refractivity contribution in [2.45, 2.75) is 0 Å². The first-order chi connectivity index (χ1) is 11.5. The number of para-hydroxylation sites is 1. The first-order valence-electron chi connectivity index (χ1n) is 6.96. The minimum Gasteiger partial charge on any atom is -0.493 e. The van der Waals surface area contributed by atoms with E-state index in [1.165, 1.54) is 22.8 Å². The second-order valence-electron chi connectivity index (χ2n) is 5.06. The molecule has 0 aliphatic heterocycles. The van der Waals surface area contributed by atoms with Gasteiger partial charge in [0.2, 0.25) is 5.88 Å². The number of amides is 1. The fraction of sp³-hybridized carbons (Fsp3) is 0.0625. The van der Waals surface area contributed by atoms with Gasteiger partial charge in [-0.05, 0) is 12.1 Å². The number of nitro benzene ring substituents is 1. The Morgan fingerprint density at radius 3 is 2.71 bits per heavy atom. The van der Waals surface area contributed by atoms with Crippen molar-refractivity contribution in [2.24, 2.45) is 17.3 Å². The number of aromatic nitrogens is 1. The zero-order valence-electron chi connectivity index (χ0n) is 12.6. The van der Waals surface area contributed by atoms with Crippen molar-refractivity contribution >= 4 is 28.2 Å². The van der Waals surface area contributed by atoms with E-state index in [9.17, 15) is 20.0 Å². The fourth-order valence-electron chi connectivity index (χ4n) is 2.36. The van der Waals surface area contributed by atoms with E-state index in [-0.39, 0.29) is 22.8 Å². The maximum atomic E-state index is 12.1. The van der Waals surface area contributed by atoms with Crippen LogP contribution in [0.2, 0.25) is 0 Å². The van der Waals surface area contributed by atoms with Gasteiger partial charge in [0.25, 0.3) is 11.6 Å². The molecule has 0 saturated heterocycles. The highest BCUT2D eigenvalue weighted by Gasteiger charge is 2.15.